The Labute approximate surface area is 100 Å². The van der Waals surface area contributed by atoms with Gasteiger partial charge in [-0.25, -0.2) is 0 Å². The van der Waals surface area contributed by atoms with Gasteiger partial charge in [-0.1, -0.05) is 18.2 Å². The summed E-state index contributed by atoms with van der Waals surface area (Å²) in [6, 6.07) is 13.7. The molecule has 1 aliphatic heterocycles. The number of ether oxygens (including phenoxy) is 1. The van der Waals surface area contributed by atoms with Crippen LogP contribution in [0.3, 0.4) is 0 Å². The maximum Gasteiger partial charge on any atom is 0.108 e. The fraction of sp³-hybridized carbons (Fsp3) is 0.143. The fourth-order valence-corrected chi connectivity index (χ4v) is 2.22. The lowest BCUT2D eigenvalue weighted by molar-refractivity contribution is 0.0939. The van der Waals surface area contributed by atoms with Crippen molar-refractivity contribution in [1.29, 1.82) is 0 Å². The van der Waals surface area contributed by atoms with Crippen LogP contribution < -0.4 is 11.5 Å². The van der Waals surface area contributed by atoms with Crippen molar-refractivity contribution in [3.05, 3.63) is 59.2 Å². The summed E-state index contributed by atoms with van der Waals surface area (Å²) in [5, 5.41) is 0. The van der Waals surface area contributed by atoms with Crippen molar-refractivity contribution in [2.75, 3.05) is 11.5 Å². The van der Waals surface area contributed by atoms with E-state index in [2.05, 4.69) is 0 Å². The summed E-state index contributed by atoms with van der Waals surface area (Å²) in [6.45, 7) is 0.620. The molecule has 3 heteroatoms. The second-order valence-electron chi connectivity index (χ2n) is 4.32. The molecule has 17 heavy (non-hydrogen) atoms. The largest absolute Gasteiger partial charge is 0.399 e. The van der Waals surface area contributed by atoms with Crippen molar-refractivity contribution >= 4 is 11.4 Å². The number of hydrogen-bond acceptors (Lipinski definition) is 3. The van der Waals surface area contributed by atoms with Gasteiger partial charge >= 0.3 is 0 Å². The van der Waals surface area contributed by atoms with E-state index in [0.717, 1.165) is 16.9 Å². The van der Waals surface area contributed by atoms with Gasteiger partial charge in [0.05, 0.1) is 6.61 Å². The Morgan fingerprint density at radius 2 is 1.65 bits per heavy atom. The van der Waals surface area contributed by atoms with Crippen LogP contribution in [0.15, 0.2) is 42.5 Å². The minimum absolute atomic E-state index is 0.00574. The second-order valence-corrected chi connectivity index (χ2v) is 4.32. The second kappa shape index (κ2) is 3.79. The molecule has 2 aromatic rings. The molecule has 86 valence electrons. The van der Waals surface area contributed by atoms with E-state index in [1.807, 2.05) is 42.5 Å². The fourth-order valence-electron chi connectivity index (χ4n) is 2.22. The molecule has 0 fully saturated rings. The van der Waals surface area contributed by atoms with E-state index in [1.54, 1.807) is 0 Å². The van der Waals surface area contributed by atoms with E-state index >= 15 is 0 Å². The molecule has 0 spiro atoms. The molecular weight excluding hydrogens is 212 g/mol. The Hall–Kier alpha value is -2.00. The molecule has 1 unspecified atom stereocenters. The number of nitrogens with two attached hydrogens (primary N) is 2. The lowest BCUT2D eigenvalue weighted by Gasteiger charge is -2.11. The molecule has 0 amide bonds. The Balaban J connectivity index is 2.01. The van der Waals surface area contributed by atoms with Gasteiger partial charge in [0.1, 0.15) is 6.10 Å². The first-order valence-corrected chi connectivity index (χ1v) is 5.59. The smallest absolute Gasteiger partial charge is 0.108 e. The van der Waals surface area contributed by atoms with Crippen LogP contribution >= 0.6 is 0 Å². The first-order chi connectivity index (χ1) is 8.24. The van der Waals surface area contributed by atoms with Gasteiger partial charge in [-0.2, -0.15) is 0 Å². The summed E-state index contributed by atoms with van der Waals surface area (Å²) in [5.74, 6) is 0. The van der Waals surface area contributed by atoms with Crippen LogP contribution in [0, 0.1) is 0 Å². The van der Waals surface area contributed by atoms with Gasteiger partial charge in [0.25, 0.3) is 0 Å². The summed E-state index contributed by atoms with van der Waals surface area (Å²) >= 11 is 0. The van der Waals surface area contributed by atoms with Crippen LogP contribution in [0.5, 0.6) is 0 Å². The van der Waals surface area contributed by atoms with Crippen molar-refractivity contribution in [2.24, 2.45) is 0 Å². The average molecular weight is 226 g/mol. The maximum absolute atomic E-state index is 5.81. The summed E-state index contributed by atoms with van der Waals surface area (Å²) in [7, 11) is 0. The summed E-state index contributed by atoms with van der Waals surface area (Å²) in [5.41, 5.74) is 16.5. The summed E-state index contributed by atoms with van der Waals surface area (Å²) < 4.78 is 5.81. The number of hydrogen-bond donors (Lipinski definition) is 2. The Morgan fingerprint density at radius 1 is 0.941 bits per heavy atom. The third kappa shape index (κ3) is 1.74. The quantitative estimate of drug-likeness (QED) is 0.734. The monoisotopic (exact) mass is 226 g/mol. The van der Waals surface area contributed by atoms with E-state index in [9.17, 15) is 0 Å². The molecule has 0 aliphatic carbocycles. The van der Waals surface area contributed by atoms with Crippen LogP contribution in [0.2, 0.25) is 0 Å². The van der Waals surface area contributed by atoms with Crippen molar-refractivity contribution in [1.82, 2.24) is 0 Å². The molecule has 1 aliphatic rings. The van der Waals surface area contributed by atoms with Crippen LogP contribution in [0.1, 0.15) is 22.8 Å². The van der Waals surface area contributed by atoms with Crippen molar-refractivity contribution in [2.45, 2.75) is 12.7 Å². The molecule has 0 radical (unpaired) electrons. The molecule has 0 saturated heterocycles. The molecule has 3 rings (SSSR count). The number of anilines is 2. The minimum atomic E-state index is 0.00574. The van der Waals surface area contributed by atoms with Crippen LogP contribution in [-0.2, 0) is 11.3 Å². The van der Waals surface area contributed by atoms with E-state index in [-0.39, 0.29) is 6.10 Å². The van der Waals surface area contributed by atoms with E-state index in [0.29, 0.717) is 6.61 Å². The van der Waals surface area contributed by atoms with Gasteiger partial charge in [0.15, 0.2) is 0 Å². The Morgan fingerprint density at radius 3 is 2.41 bits per heavy atom. The molecule has 3 nitrogen and oxygen atoms in total. The predicted molar refractivity (Wildman–Crippen MR) is 68.3 cm³/mol. The van der Waals surface area contributed by atoms with Gasteiger partial charge in [0, 0.05) is 11.4 Å². The Kier molecular flexibility index (Phi) is 2.27. The molecule has 1 heterocycles. The molecular formula is C14H14N2O. The van der Waals surface area contributed by atoms with E-state index in [1.165, 1.54) is 11.1 Å². The van der Waals surface area contributed by atoms with E-state index < -0.39 is 0 Å². The highest BCUT2D eigenvalue weighted by Crippen LogP contribution is 2.36. The van der Waals surface area contributed by atoms with Gasteiger partial charge in [0.2, 0.25) is 0 Å². The zero-order valence-corrected chi connectivity index (χ0v) is 9.39. The molecule has 2 aromatic carbocycles. The van der Waals surface area contributed by atoms with Gasteiger partial charge in [-0.3, -0.25) is 0 Å². The molecule has 1 atom stereocenters. The molecule has 0 bridgehead atoms. The zero-order valence-electron chi connectivity index (χ0n) is 9.39. The summed E-state index contributed by atoms with van der Waals surface area (Å²) in [4.78, 5) is 0. The van der Waals surface area contributed by atoms with E-state index in [4.69, 9.17) is 16.2 Å². The van der Waals surface area contributed by atoms with Crippen LogP contribution in [0.25, 0.3) is 0 Å². The molecule has 0 aromatic heterocycles. The van der Waals surface area contributed by atoms with Crippen LogP contribution in [-0.4, -0.2) is 0 Å². The topological polar surface area (TPSA) is 61.3 Å². The SMILES string of the molecule is Nc1ccc(C2OCc3cc(N)ccc32)cc1. The predicted octanol–water partition coefficient (Wildman–Crippen LogP) is 2.47. The lowest BCUT2D eigenvalue weighted by Crippen LogP contribution is -1.99. The lowest BCUT2D eigenvalue weighted by atomic mass is 9.99. The number of fused-ring (bicyclic) bond motifs is 1. The minimum Gasteiger partial charge on any atom is -0.399 e. The first kappa shape index (κ1) is 10.2. The standard InChI is InChI=1S/C14H14N2O/c15-11-3-1-9(2-4-11)14-13-6-5-12(16)7-10(13)8-17-14/h1-7,14H,8,15-16H2. The summed E-state index contributed by atoms with van der Waals surface area (Å²) in [6.07, 6.45) is 0.00574. The van der Waals surface area contributed by atoms with Crippen LogP contribution in [0.4, 0.5) is 11.4 Å². The third-order valence-corrected chi connectivity index (χ3v) is 3.09. The van der Waals surface area contributed by atoms with Gasteiger partial charge in [-0.15, -0.1) is 0 Å². The number of benzene rings is 2. The maximum atomic E-state index is 5.81. The van der Waals surface area contributed by atoms with Crippen molar-refractivity contribution in [3.8, 4) is 0 Å². The number of nitrogen functional groups attached to an aromatic ring is 2. The van der Waals surface area contributed by atoms with Gasteiger partial charge < -0.3 is 16.2 Å². The average Bonchev–Trinajstić information content (AvgIpc) is 2.73. The first-order valence-electron chi connectivity index (χ1n) is 5.59. The highest BCUT2D eigenvalue weighted by molar-refractivity contribution is 5.50. The Bertz CT molecular complexity index is 549. The highest BCUT2D eigenvalue weighted by atomic mass is 16.5. The molecule has 0 saturated carbocycles. The van der Waals surface area contributed by atoms with Crippen molar-refractivity contribution in [3.63, 3.8) is 0 Å². The number of rotatable bonds is 1. The zero-order chi connectivity index (χ0) is 11.8. The molecule has 4 N–H and O–H groups in total. The normalized spacial score (nSPS) is 18.0. The van der Waals surface area contributed by atoms with Crippen molar-refractivity contribution < 1.29 is 4.74 Å². The third-order valence-electron chi connectivity index (χ3n) is 3.09. The van der Waals surface area contributed by atoms with Gasteiger partial charge in [-0.05, 0) is 41.0 Å². The highest BCUT2D eigenvalue weighted by Gasteiger charge is 2.24.